The van der Waals surface area contributed by atoms with Crippen LogP contribution in [0.25, 0.3) is 0 Å². The van der Waals surface area contributed by atoms with Gasteiger partial charge in [-0.3, -0.25) is 4.79 Å². The summed E-state index contributed by atoms with van der Waals surface area (Å²) in [6, 6.07) is 10.9. The lowest BCUT2D eigenvalue weighted by Crippen LogP contribution is -2.47. The van der Waals surface area contributed by atoms with Gasteiger partial charge in [0, 0.05) is 0 Å². The molecule has 1 atom stereocenters. The number of carbonyl (C=O) groups is 1. The molecule has 0 saturated carbocycles. The molecule has 1 aromatic carbocycles. The standard InChI is InChI=1S/C15H22O2Si/c1-12(2)15(3,14(16)17)11-18(4,5)13-9-7-6-8-10-13/h6-10H,1,11H2,2-5H3,(H,16,17). The van der Waals surface area contributed by atoms with Gasteiger partial charge in [0.05, 0.1) is 13.5 Å². The minimum absolute atomic E-state index is 0.675. The van der Waals surface area contributed by atoms with Gasteiger partial charge in [0.25, 0.3) is 0 Å². The van der Waals surface area contributed by atoms with Crippen molar-refractivity contribution in [2.24, 2.45) is 5.41 Å². The summed E-state index contributed by atoms with van der Waals surface area (Å²) in [5.41, 5.74) is -0.0996. The molecule has 0 saturated heterocycles. The lowest BCUT2D eigenvalue weighted by molar-refractivity contribution is -0.144. The Hall–Kier alpha value is -1.35. The Kier molecular flexibility index (Phi) is 4.17. The number of aliphatic carboxylic acids is 1. The van der Waals surface area contributed by atoms with E-state index < -0.39 is 19.5 Å². The summed E-state index contributed by atoms with van der Waals surface area (Å²) in [6.45, 7) is 11.9. The first-order valence-electron chi connectivity index (χ1n) is 6.15. The number of rotatable bonds is 5. The molecule has 0 amide bonds. The van der Waals surface area contributed by atoms with E-state index in [-0.39, 0.29) is 0 Å². The van der Waals surface area contributed by atoms with Gasteiger partial charge in [0.2, 0.25) is 0 Å². The second-order valence-corrected chi connectivity index (χ2v) is 10.5. The average Bonchev–Trinajstić information content (AvgIpc) is 2.29. The van der Waals surface area contributed by atoms with Gasteiger partial charge < -0.3 is 5.11 Å². The normalized spacial score (nSPS) is 14.9. The lowest BCUT2D eigenvalue weighted by atomic mass is 9.86. The van der Waals surface area contributed by atoms with Crippen LogP contribution in [-0.4, -0.2) is 19.1 Å². The van der Waals surface area contributed by atoms with E-state index in [1.165, 1.54) is 5.19 Å². The van der Waals surface area contributed by atoms with Crippen LogP contribution >= 0.6 is 0 Å². The smallest absolute Gasteiger partial charge is 0.313 e. The maximum atomic E-state index is 11.5. The summed E-state index contributed by atoms with van der Waals surface area (Å²) in [4.78, 5) is 11.5. The molecular weight excluding hydrogens is 240 g/mol. The van der Waals surface area contributed by atoms with E-state index in [1.807, 2.05) is 25.1 Å². The fourth-order valence-corrected chi connectivity index (χ4v) is 5.80. The van der Waals surface area contributed by atoms with Crippen LogP contribution in [0.4, 0.5) is 0 Å². The van der Waals surface area contributed by atoms with Crippen LogP contribution < -0.4 is 5.19 Å². The third-order valence-electron chi connectivity index (χ3n) is 3.76. The summed E-state index contributed by atoms with van der Waals surface area (Å²) >= 11 is 0. The molecule has 0 aliphatic rings. The summed E-state index contributed by atoms with van der Waals surface area (Å²) in [5, 5.41) is 10.8. The van der Waals surface area contributed by atoms with Gasteiger partial charge in [-0.1, -0.05) is 60.8 Å². The number of benzene rings is 1. The number of hydrogen-bond acceptors (Lipinski definition) is 1. The first kappa shape index (κ1) is 14.7. The largest absolute Gasteiger partial charge is 0.481 e. The second kappa shape index (κ2) is 5.10. The van der Waals surface area contributed by atoms with Crippen molar-refractivity contribution < 1.29 is 9.90 Å². The molecule has 1 aromatic rings. The fourth-order valence-electron chi connectivity index (χ4n) is 2.28. The SMILES string of the molecule is C=C(C)C(C)(C[Si](C)(C)c1ccccc1)C(=O)O. The molecule has 3 heteroatoms. The van der Waals surface area contributed by atoms with Crippen LogP contribution in [0, 0.1) is 5.41 Å². The monoisotopic (exact) mass is 262 g/mol. The van der Waals surface area contributed by atoms with Crippen molar-refractivity contribution in [1.82, 2.24) is 0 Å². The van der Waals surface area contributed by atoms with E-state index in [9.17, 15) is 9.90 Å². The Labute approximate surface area is 110 Å². The molecule has 0 spiro atoms. The Morgan fingerprint density at radius 3 is 2.22 bits per heavy atom. The molecule has 0 heterocycles. The number of carboxylic acid groups (broad SMARTS) is 1. The summed E-state index contributed by atoms with van der Waals surface area (Å²) < 4.78 is 0. The maximum absolute atomic E-state index is 11.5. The third kappa shape index (κ3) is 2.90. The molecule has 0 aliphatic heterocycles. The zero-order valence-electron chi connectivity index (χ0n) is 11.7. The Morgan fingerprint density at radius 2 is 1.83 bits per heavy atom. The van der Waals surface area contributed by atoms with Crippen LogP contribution in [0.15, 0.2) is 42.5 Å². The van der Waals surface area contributed by atoms with Gasteiger partial charge in [0.1, 0.15) is 0 Å². The van der Waals surface area contributed by atoms with E-state index in [0.717, 1.165) is 5.57 Å². The Morgan fingerprint density at radius 1 is 1.33 bits per heavy atom. The van der Waals surface area contributed by atoms with Crippen molar-refractivity contribution >= 4 is 19.2 Å². The van der Waals surface area contributed by atoms with Crippen molar-refractivity contribution in [3.05, 3.63) is 42.5 Å². The van der Waals surface area contributed by atoms with Crippen LogP contribution in [0.3, 0.4) is 0 Å². The van der Waals surface area contributed by atoms with E-state index in [0.29, 0.717) is 6.04 Å². The van der Waals surface area contributed by atoms with Crippen LogP contribution in [0.5, 0.6) is 0 Å². The molecule has 98 valence electrons. The second-order valence-electron chi connectivity index (χ2n) is 5.84. The minimum Gasteiger partial charge on any atom is -0.481 e. The Bertz CT molecular complexity index is 435. The van der Waals surface area contributed by atoms with Crippen LogP contribution in [0.2, 0.25) is 19.1 Å². The summed E-state index contributed by atoms with van der Waals surface area (Å²) in [7, 11) is -1.78. The zero-order valence-corrected chi connectivity index (χ0v) is 12.7. The van der Waals surface area contributed by atoms with E-state index in [2.05, 4.69) is 31.8 Å². The molecule has 1 N–H and O–H groups in total. The minimum atomic E-state index is -1.78. The van der Waals surface area contributed by atoms with Gasteiger partial charge in [-0.25, -0.2) is 0 Å². The topological polar surface area (TPSA) is 37.3 Å². The molecule has 1 rings (SSSR count). The van der Waals surface area contributed by atoms with Crippen molar-refractivity contribution in [2.75, 3.05) is 0 Å². The third-order valence-corrected chi connectivity index (χ3v) is 7.25. The highest BCUT2D eigenvalue weighted by Gasteiger charge is 2.41. The molecule has 0 aromatic heterocycles. The quantitative estimate of drug-likeness (QED) is 0.653. The number of hydrogen-bond donors (Lipinski definition) is 1. The van der Waals surface area contributed by atoms with Crippen molar-refractivity contribution in [3.8, 4) is 0 Å². The van der Waals surface area contributed by atoms with E-state index in [4.69, 9.17) is 0 Å². The Balaban J connectivity index is 3.08. The predicted molar refractivity (Wildman–Crippen MR) is 78.9 cm³/mol. The highest BCUT2D eigenvalue weighted by atomic mass is 28.3. The molecule has 18 heavy (non-hydrogen) atoms. The van der Waals surface area contributed by atoms with E-state index in [1.54, 1.807) is 6.92 Å². The highest BCUT2D eigenvalue weighted by molar-refractivity contribution is 6.90. The number of carboxylic acids is 1. The molecule has 0 fully saturated rings. The average molecular weight is 262 g/mol. The molecule has 0 bridgehead atoms. The summed E-state index contributed by atoms with van der Waals surface area (Å²) in [6.07, 6.45) is 0. The summed E-state index contributed by atoms with van der Waals surface area (Å²) in [5.74, 6) is -0.772. The van der Waals surface area contributed by atoms with Crippen LogP contribution in [0.1, 0.15) is 13.8 Å². The maximum Gasteiger partial charge on any atom is 0.313 e. The fraction of sp³-hybridized carbons (Fsp3) is 0.400. The van der Waals surface area contributed by atoms with Gasteiger partial charge in [-0.05, 0) is 19.9 Å². The van der Waals surface area contributed by atoms with Crippen molar-refractivity contribution in [2.45, 2.75) is 33.0 Å². The first-order chi connectivity index (χ1) is 8.20. The molecular formula is C15H22O2Si. The van der Waals surface area contributed by atoms with Gasteiger partial charge in [-0.2, -0.15) is 0 Å². The van der Waals surface area contributed by atoms with Gasteiger partial charge >= 0.3 is 5.97 Å². The zero-order chi connectivity index (χ0) is 14.0. The molecule has 1 unspecified atom stereocenters. The predicted octanol–water partition coefficient (Wildman–Crippen LogP) is 3.27. The van der Waals surface area contributed by atoms with Gasteiger partial charge in [-0.15, -0.1) is 0 Å². The van der Waals surface area contributed by atoms with Crippen LogP contribution in [-0.2, 0) is 4.79 Å². The molecule has 0 radical (unpaired) electrons. The highest BCUT2D eigenvalue weighted by Crippen LogP contribution is 2.35. The molecule has 0 aliphatic carbocycles. The van der Waals surface area contributed by atoms with Gasteiger partial charge in [0.15, 0.2) is 0 Å². The lowest BCUT2D eigenvalue weighted by Gasteiger charge is -2.34. The molecule has 2 nitrogen and oxygen atoms in total. The first-order valence-corrected chi connectivity index (χ1v) is 9.36. The van der Waals surface area contributed by atoms with E-state index >= 15 is 0 Å². The van der Waals surface area contributed by atoms with Crippen molar-refractivity contribution in [1.29, 1.82) is 0 Å². The van der Waals surface area contributed by atoms with Crippen molar-refractivity contribution in [3.63, 3.8) is 0 Å².